The molecule has 2 fully saturated rings. The lowest BCUT2D eigenvalue weighted by Crippen LogP contribution is -2.47. The van der Waals surface area contributed by atoms with E-state index in [1.807, 2.05) is 0 Å². The second kappa shape index (κ2) is 5.31. The molecule has 0 bridgehead atoms. The van der Waals surface area contributed by atoms with Crippen LogP contribution in [0.1, 0.15) is 18.1 Å². The van der Waals surface area contributed by atoms with E-state index < -0.39 is 23.5 Å². The van der Waals surface area contributed by atoms with E-state index in [4.69, 9.17) is 0 Å². The summed E-state index contributed by atoms with van der Waals surface area (Å²) in [4.78, 5) is 25.4. The molecule has 2 heterocycles. The number of thioether (sulfide) groups is 1. The zero-order chi connectivity index (χ0) is 15.0. The minimum atomic E-state index is -1.23. The van der Waals surface area contributed by atoms with Crippen LogP contribution in [-0.2, 0) is 4.79 Å². The highest BCUT2D eigenvalue weighted by Crippen LogP contribution is 2.34. The lowest BCUT2D eigenvalue weighted by atomic mass is 9.99. The number of aliphatic hydroxyl groups is 1. The molecular weight excluding hydrogens is 295 g/mol. The largest absolute Gasteiger partial charge is 0.386 e. The van der Waals surface area contributed by atoms with Crippen molar-refractivity contribution in [1.29, 1.82) is 0 Å². The van der Waals surface area contributed by atoms with Crippen molar-refractivity contribution in [2.24, 2.45) is 0 Å². The number of hydrogen-bond donors (Lipinski definition) is 2. The van der Waals surface area contributed by atoms with Crippen LogP contribution in [0.25, 0.3) is 0 Å². The number of rotatable bonds is 3. The third-order valence-corrected chi connectivity index (χ3v) is 5.08. The minimum absolute atomic E-state index is 0.0832. The molecule has 0 unspecified atom stereocenters. The summed E-state index contributed by atoms with van der Waals surface area (Å²) >= 11 is 1.61. The van der Waals surface area contributed by atoms with E-state index in [0.717, 1.165) is 10.7 Å². The van der Waals surface area contributed by atoms with Gasteiger partial charge in [-0.15, -0.1) is 0 Å². The lowest BCUT2D eigenvalue weighted by Gasteiger charge is -2.21. The molecule has 3 rings (SSSR count). The number of imide groups is 1. The number of β-amino-alcohol motifs (C(OH)–C–C–N with tert-alkyl or cyclic N) is 1. The van der Waals surface area contributed by atoms with Crippen LogP contribution in [0.4, 0.5) is 9.18 Å². The minimum Gasteiger partial charge on any atom is -0.386 e. The number of carbonyl (C=O) groups is 2. The number of aliphatic hydroxyl groups excluding tert-OH is 1. The average Bonchev–Trinajstić information content (AvgIpc) is 3.01. The van der Waals surface area contributed by atoms with E-state index >= 15 is 0 Å². The van der Waals surface area contributed by atoms with Crippen molar-refractivity contribution in [3.05, 3.63) is 35.6 Å². The SMILES string of the molecule is O=C1N[C@]2(CCSC2)C(=O)N1C[C@@H](O)c1ccccc1F. The van der Waals surface area contributed by atoms with Crippen molar-refractivity contribution in [2.75, 3.05) is 18.1 Å². The van der Waals surface area contributed by atoms with Gasteiger partial charge in [0.2, 0.25) is 0 Å². The molecule has 2 aliphatic heterocycles. The van der Waals surface area contributed by atoms with Gasteiger partial charge in [-0.25, -0.2) is 9.18 Å². The first-order valence-electron chi connectivity index (χ1n) is 6.68. The summed E-state index contributed by atoms with van der Waals surface area (Å²) in [7, 11) is 0. The molecule has 3 amide bonds. The van der Waals surface area contributed by atoms with E-state index in [0.29, 0.717) is 12.2 Å². The van der Waals surface area contributed by atoms with Gasteiger partial charge in [-0.3, -0.25) is 9.69 Å². The maximum atomic E-state index is 13.6. The highest BCUT2D eigenvalue weighted by atomic mass is 32.2. The smallest absolute Gasteiger partial charge is 0.325 e. The van der Waals surface area contributed by atoms with Gasteiger partial charge in [0.15, 0.2) is 0 Å². The summed E-state index contributed by atoms with van der Waals surface area (Å²) in [6.07, 6.45) is -0.640. The Morgan fingerprint density at radius 2 is 2.19 bits per heavy atom. The molecule has 0 radical (unpaired) electrons. The van der Waals surface area contributed by atoms with Gasteiger partial charge in [0.1, 0.15) is 11.4 Å². The zero-order valence-corrected chi connectivity index (χ0v) is 12.0. The first-order valence-corrected chi connectivity index (χ1v) is 7.83. The number of nitrogens with zero attached hydrogens (tertiary/aromatic N) is 1. The van der Waals surface area contributed by atoms with Crippen molar-refractivity contribution in [2.45, 2.75) is 18.1 Å². The van der Waals surface area contributed by atoms with Crippen molar-refractivity contribution >= 4 is 23.7 Å². The Kier molecular flexibility index (Phi) is 3.62. The number of benzene rings is 1. The molecule has 0 aliphatic carbocycles. The summed E-state index contributed by atoms with van der Waals surface area (Å²) in [6, 6.07) is 5.28. The maximum Gasteiger partial charge on any atom is 0.325 e. The summed E-state index contributed by atoms with van der Waals surface area (Å²) in [5, 5.41) is 12.8. The normalized spacial score (nSPS) is 26.5. The number of carbonyl (C=O) groups excluding carboxylic acids is 2. The van der Waals surface area contributed by atoms with E-state index in [-0.39, 0.29) is 18.0 Å². The van der Waals surface area contributed by atoms with Crippen LogP contribution in [-0.4, -0.2) is 45.5 Å². The van der Waals surface area contributed by atoms with Crippen LogP contribution in [0.5, 0.6) is 0 Å². The van der Waals surface area contributed by atoms with Crippen molar-refractivity contribution in [3.63, 3.8) is 0 Å². The molecule has 2 saturated heterocycles. The van der Waals surface area contributed by atoms with E-state index in [1.54, 1.807) is 17.8 Å². The summed E-state index contributed by atoms with van der Waals surface area (Å²) < 4.78 is 13.6. The van der Waals surface area contributed by atoms with Gasteiger partial charge in [-0.05, 0) is 18.2 Å². The molecule has 21 heavy (non-hydrogen) atoms. The van der Waals surface area contributed by atoms with Crippen LogP contribution in [0.3, 0.4) is 0 Å². The quantitative estimate of drug-likeness (QED) is 0.825. The Bertz CT molecular complexity index is 589. The number of halogens is 1. The second-order valence-electron chi connectivity index (χ2n) is 5.27. The fourth-order valence-corrected chi connectivity index (χ4v) is 4.02. The Labute approximate surface area is 125 Å². The van der Waals surface area contributed by atoms with Crippen LogP contribution >= 0.6 is 11.8 Å². The van der Waals surface area contributed by atoms with Crippen LogP contribution in [0, 0.1) is 5.82 Å². The van der Waals surface area contributed by atoms with E-state index in [2.05, 4.69) is 5.32 Å². The van der Waals surface area contributed by atoms with E-state index in [1.165, 1.54) is 18.2 Å². The monoisotopic (exact) mass is 310 g/mol. The summed E-state index contributed by atoms with van der Waals surface area (Å²) in [5.41, 5.74) is -0.753. The summed E-state index contributed by atoms with van der Waals surface area (Å²) in [5.74, 6) is 0.482. The maximum absolute atomic E-state index is 13.6. The molecule has 0 saturated carbocycles. The van der Waals surface area contributed by atoms with Gasteiger partial charge in [0.25, 0.3) is 5.91 Å². The van der Waals surface area contributed by atoms with Gasteiger partial charge in [0, 0.05) is 11.3 Å². The average molecular weight is 310 g/mol. The molecule has 112 valence electrons. The number of nitrogens with one attached hydrogen (secondary N) is 1. The Hall–Kier alpha value is -1.60. The zero-order valence-electron chi connectivity index (χ0n) is 11.2. The molecule has 2 aliphatic rings. The Morgan fingerprint density at radius 1 is 1.43 bits per heavy atom. The topological polar surface area (TPSA) is 69.6 Å². The molecular formula is C14H15FN2O3S. The molecule has 1 aromatic carbocycles. The molecule has 2 atom stereocenters. The fraction of sp³-hybridized carbons (Fsp3) is 0.429. The molecule has 1 aromatic rings. The predicted octanol–water partition coefficient (Wildman–Crippen LogP) is 1.29. The van der Waals surface area contributed by atoms with Crippen molar-refractivity contribution in [1.82, 2.24) is 10.2 Å². The molecule has 2 N–H and O–H groups in total. The van der Waals surface area contributed by atoms with Crippen LogP contribution in [0.2, 0.25) is 0 Å². The first-order chi connectivity index (χ1) is 10.0. The standard InChI is InChI=1S/C14H15FN2O3S/c15-10-4-2-1-3-9(10)11(18)7-17-12(19)14(16-13(17)20)5-6-21-8-14/h1-4,11,18H,5-8H2,(H,16,20)/t11-,14+/m1/s1. The third-order valence-electron chi connectivity index (χ3n) is 3.89. The van der Waals surface area contributed by atoms with Gasteiger partial charge < -0.3 is 10.4 Å². The highest BCUT2D eigenvalue weighted by molar-refractivity contribution is 7.99. The van der Waals surface area contributed by atoms with Crippen molar-refractivity contribution in [3.8, 4) is 0 Å². The first kappa shape index (κ1) is 14.3. The highest BCUT2D eigenvalue weighted by Gasteiger charge is 2.53. The Morgan fingerprint density at radius 3 is 2.86 bits per heavy atom. The molecule has 1 spiro atoms. The second-order valence-corrected chi connectivity index (χ2v) is 6.37. The number of amides is 3. The predicted molar refractivity (Wildman–Crippen MR) is 76.3 cm³/mol. The van der Waals surface area contributed by atoms with Gasteiger partial charge in [-0.2, -0.15) is 11.8 Å². The van der Waals surface area contributed by atoms with Gasteiger partial charge >= 0.3 is 6.03 Å². The van der Waals surface area contributed by atoms with Gasteiger partial charge in [-0.1, -0.05) is 18.2 Å². The summed E-state index contributed by atoms with van der Waals surface area (Å²) in [6.45, 7) is -0.238. The van der Waals surface area contributed by atoms with Crippen molar-refractivity contribution < 1.29 is 19.1 Å². The van der Waals surface area contributed by atoms with Gasteiger partial charge in [0.05, 0.1) is 12.6 Å². The fourth-order valence-electron chi connectivity index (χ4n) is 2.69. The molecule has 5 nitrogen and oxygen atoms in total. The molecule has 0 aromatic heterocycles. The number of urea groups is 1. The van der Waals surface area contributed by atoms with E-state index in [9.17, 15) is 19.1 Å². The Balaban J connectivity index is 1.77. The molecule has 7 heteroatoms. The van der Waals surface area contributed by atoms with Crippen LogP contribution < -0.4 is 5.32 Å². The van der Waals surface area contributed by atoms with Crippen LogP contribution in [0.15, 0.2) is 24.3 Å². The lowest BCUT2D eigenvalue weighted by molar-refractivity contribution is -0.131. The number of hydrogen-bond acceptors (Lipinski definition) is 4. The third kappa shape index (κ3) is 2.40.